The van der Waals surface area contributed by atoms with Crippen LogP contribution in [0.4, 0.5) is 21.0 Å². The molecule has 4 aromatic rings. The molecular formula is C26H26FN7O4. The van der Waals surface area contributed by atoms with Crippen LogP contribution in [0.15, 0.2) is 53.3 Å². The summed E-state index contributed by atoms with van der Waals surface area (Å²) < 4.78 is 19.1. The van der Waals surface area contributed by atoms with Gasteiger partial charge in [-0.2, -0.15) is 4.98 Å². The van der Waals surface area contributed by atoms with Crippen molar-refractivity contribution in [2.75, 3.05) is 24.1 Å². The highest BCUT2D eigenvalue weighted by Gasteiger charge is 2.26. The maximum atomic E-state index is 13.0. The number of alkyl halides is 1. The number of carboxylic acid groups (broad SMARTS) is 1. The molecule has 2 aromatic heterocycles. The summed E-state index contributed by atoms with van der Waals surface area (Å²) in [5.41, 5.74) is 7.79. The summed E-state index contributed by atoms with van der Waals surface area (Å²) in [4.78, 5) is 40.9. The standard InChI is InChI=1S/C26H26FN7O4/c27-13-15-7-9-16(10-8-15)19-12-21(38-20-6-3-5-18-22(20)33-23(28)24(35)30-18)32-25(31-19)29-14-17-4-1-2-11-34(17)26(36)37/h3,5-10,12,17H,1-2,4,11,13-14H2,(H2,28,33)(H,30,35)(H,36,37)(H,29,31,32). The van der Waals surface area contributed by atoms with Crippen LogP contribution in [0.2, 0.25) is 0 Å². The summed E-state index contributed by atoms with van der Waals surface area (Å²) >= 11 is 0. The van der Waals surface area contributed by atoms with Crippen molar-refractivity contribution >= 4 is 28.9 Å². The van der Waals surface area contributed by atoms with Crippen molar-refractivity contribution in [3.05, 3.63) is 64.4 Å². The minimum Gasteiger partial charge on any atom is -0.465 e. The number of fused-ring (bicyclic) bond motifs is 1. The average molecular weight is 520 g/mol. The molecular weight excluding hydrogens is 493 g/mol. The van der Waals surface area contributed by atoms with Crippen LogP contribution in [0.1, 0.15) is 24.8 Å². The maximum absolute atomic E-state index is 13.0. The molecule has 38 heavy (non-hydrogen) atoms. The van der Waals surface area contributed by atoms with E-state index in [0.29, 0.717) is 46.7 Å². The molecule has 1 unspecified atom stereocenters. The van der Waals surface area contributed by atoms with Crippen molar-refractivity contribution in [1.29, 1.82) is 0 Å². The number of halogens is 1. The molecule has 5 N–H and O–H groups in total. The van der Waals surface area contributed by atoms with E-state index in [2.05, 4.69) is 25.3 Å². The number of nitrogens with one attached hydrogen (secondary N) is 2. The fourth-order valence-corrected chi connectivity index (χ4v) is 4.43. The van der Waals surface area contributed by atoms with Crippen LogP contribution < -0.4 is 21.3 Å². The second-order valence-electron chi connectivity index (χ2n) is 8.96. The number of para-hydroxylation sites is 1. The van der Waals surface area contributed by atoms with Gasteiger partial charge in [0.25, 0.3) is 5.56 Å². The second kappa shape index (κ2) is 10.7. The van der Waals surface area contributed by atoms with E-state index < -0.39 is 18.3 Å². The van der Waals surface area contributed by atoms with E-state index in [9.17, 15) is 19.1 Å². The fraction of sp³-hybridized carbons (Fsp3) is 0.269. The van der Waals surface area contributed by atoms with Crippen molar-refractivity contribution in [3.63, 3.8) is 0 Å². The summed E-state index contributed by atoms with van der Waals surface area (Å²) in [5, 5.41) is 12.7. The maximum Gasteiger partial charge on any atom is 0.407 e. The third kappa shape index (κ3) is 5.33. The minimum atomic E-state index is -0.955. The summed E-state index contributed by atoms with van der Waals surface area (Å²) in [6.07, 6.45) is 1.54. The first kappa shape index (κ1) is 24.9. The highest BCUT2D eigenvalue weighted by Crippen LogP contribution is 2.30. The normalized spacial score (nSPS) is 15.4. The zero-order valence-corrected chi connectivity index (χ0v) is 20.4. The van der Waals surface area contributed by atoms with Crippen molar-refractivity contribution in [2.45, 2.75) is 32.0 Å². The lowest BCUT2D eigenvalue weighted by molar-refractivity contribution is 0.110. The number of anilines is 2. The Balaban J connectivity index is 1.49. The smallest absolute Gasteiger partial charge is 0.407 e. The fourth-order valence-electron chi connectivity index (χ4n) is 4.43. The van der Waals surface area contributed by atoms with Crippen LogP contribution in [0.3, 0.4) is 0 Å². The number of piperidine rings is 1. The number of carbonyl (C=O) groups is 1. The predicted molar refractivity (Wildman–Crippen MR) is 140 cm³/mol. The Labute approximate surface area is 216 Å². The van der Waals surface area contributed by atoms with E-state index in [0.717, 1.165) is 19.3 Å². The van der Waals surface area contributed by atoms with Crippen LogP contribution >= 0.6 is 0 Å². The number of amides is 1. The van der Waals surface area contributed by atoms with Gasteiger partial charge in [-0.15, -0.1) is 0 Å². The van der Waals surface area contributed by atoms with Crippen molar-refractivity contribution in [1.82, 2.24) is 24.8 Å². The number of H-pyrrole nitrogens is 1. The number of aromatic amines is 1. The number of hydrogen-bond acceptors (Lipinski definition) is 8. The van der Waals surface area contributed by atoms with Gasteiger partial charge in [-0.1, -0.05) is 30.3 Å². The zero-order valence-electron chi connectivity index (χ0n) is 20.4. The lowest BCUT2D eigenvalue weighted by Gasteiger charge is -2.33. The summed E-state index contributed by atoms with van der Waals surface area (Å²) in [6.45, 7) is 0.229. The zero-order chi connectivity index (χ0) is 26.6. The van der Waals surface area contributed by atoms with Crippen molar-refractivity contribution < 1.29 is 19.0 Å². The number of likely N-dealkylation sites (tertiary alicyclic amines) is 1. The summed E-state index contributed by atoms with van der Waals surface area (Å²) in [7, 11) is 0. The number of hydrogen-bond donors (Lipinski definition) is 4. The Bertz CT molecular complexity index is 1530. The lowest BCUT2D eigenvalue weighted by atomic mass is 10.0. The van der Waals surface area contributed by atoms with E-state index in [1.54, 1.807) is 48.5 Å². The number of aromatic nitrogens is 4. The average Bonchev–Trinajstić information content (AvgIpc) is 2.93. The number of benzene rings is 2. The van der Waals surface area contributed by atoms with Gasteiger partial charge in [0, 0.05) is 24.7 Å². The highest BCUT2D eigenvalue weighted by molar-refractivity contribution is 5.82. The van der Waals surface area contributed by atoms with Gasteiger partial charge < -0.3 is 30.8 Å². The van der Waals surface area contributed by atoms with Crippen LogP contribution in [0.25, 0.3) is 22.3 Å². The lowest BCUT2D eigenvalue weighted by Crippen LogP contribution is -2.46. The van der Waals surface area contributed by atoms with Crippen molar-refractivity contribution in [3.8, 4) is 22.9 Å². The largest absolute Gasteiger partial charge is 0.465 e. The van der Waals surface area contributed by atoms with Gasteiger partial charge in [-0.05, 0) is 37.0 Å². The minimum absolute atomic E-state index is 0.185. The Hall–Kier alpha value is -4.74. The molecule has 0 bridgehead atoms. The Morgan fingerprint density at radius 2 is 2.00 bits per heavy atom. The first-order valence-corrected chi connectivity index (χ1v) is 12.2. The van der Waals surface area contributed by atoms with E-state index in [4.69, 9.17) is 10.5 Å². The molecule has 0 saturated carbocycles. The van der Waals surface area contributed by atoms with E-state index >= 15 is 0 Å². The number of nitrogens with two attached hydrogens (primary N) is 1. The second-order valence-corrected chi connectivity index (χ2v) is 8.96. The molecule has 12 heteroatoms. The van der Waals surface area contributed by atoms with Crippen LogP contribution in [0.5, 0.6) is 11.6 Å². The molecule has 1 aliphatic rings. The number of nitrogen functional groups attached to an aromatic ring is 1. The van der Waals surface area contributed by atoms with Gasteiger partial charge in [-0.25, -0.2) is 19.2 Å². The monoisotopic (exact) mass is 519 g/mol. The summed E-state index contributed by atoms with van der Waals surface area (Å²) in [5.74, 6) is 0.551. The Morgan fingerprint density at radius 1 is 1.18 bits per heavy atom. The van der Waals surface area contributed by atoms with E-state index in [1.807, 2.05) is 0 Å². The molecule has 0 spiro atoms. The number of rotatable bonds is 7. The van der Waals surface area contributed by atoms with Gasteiger partial charge in [0.05, 0.1) is 17.3 Å². The first-order valence-electron chi connectivity index (χ1n) is 12.2. The Kier molecular flexibility index (Phi) is 7.03. The highest BCUT2D eigenvalue weighted by atomic mass is 19.1. The third-order valence-corrected chi connectivity index (χ3v) is 6.40. The predicted octanol–water partition coefficient (Wildman–Crippen LogP) is 4.17. The molecule has 11 nitrogen and oxygen atoms in total. The van der Waals surface area contributed by atoms with E-state index in [-0.39, 0.29) is 23.7 Å². The van der Waals surface area contributed by atoms with Crippen LogP contribution in [-0.4, -0.2) is 55.2 Å². The topological polar surface area (TPSA) is 159 Å². The SMILES string of the molecule is Nc1nc2c(Oc3cc(-c4ccc(CF)cc4)nc(NCC4CCCCN4C(=O)O)n3)cccc2[nH]c1=O. The molecule has 1 fully saturated rings. The molecule has 2 aromatic carbocycles. The van der Waals surface area contributed by atoms with Crippen LogP contribution in [-0.2, 0) is 6.67 Å². The summed E-state index contributed by atoms with van der Waals surface area (Å²) in [6, 6.07) is 13.3. The number of nitrogens with zero attached hydrogens (tertiary/aromatic N) is 4. The first-order chi connectivity index (χ1) is 18.4. The van der Waals surface area contributed by atoms with E-state index in [1.165, 1.54) is 4.90 Å². The molecule has 196 valence electrons. The van der Waals surface area contributed by atoms with Crippen molar-refractivity contribution in [2.24, 2.45) is 0 Å². The van der Waals surface area contributed by atoms with Gasteiger partial charge in [-0.3, -0.25) is 4.79 Å². The Morgan fingerprint density at radius 3 is 2.76 bits per heavy atom. The van der Waals surface area contributed by atoms with Gasteiger partial charge in [0.2, 0.25) is 11.8 Å². The molecule has 1 amide bonds. The number of ether oxygens (including phenoxy) is 1. The molecule has 3 heterocycles. The molecule has 1 aliphatic heterocycles. The molecule has 0 aliphatic carbocycles. The van der Waals surface area contributed by atoms with Gasteiger partial charge in [0.1, 0.15) is 12.2 Å². The quantitative estimate of drug-likeness (QED) is 0.281. The molecule has 1 saturated heterocycles. The van der Waals surface area contributed by atoms with Gasteiger partial charge in [0.15, 0.2) is 11.6 Å². The molecule has 5 rings (SSSR count). The molecule has 1 atom stereocenters. The van der Waals surface area contributed by atoms with Gasteiger partial charge >= 0.3 is 6.09 Å². The third-order valence-electron chi connectivity index (χ3n) is 6.40. The molecule has 0 radical (unpaired) electrons. The van der Waals surface area contributed by atoms with Crippen LogP contribution in [0, 0.1) is 0 Å².